The van der Waals surface area contributed by atoms with Crippen molar-refractivity contribution >= 4 is 34.5 Å². The Labute approximate surface area is 474 Å². The lowest BCUT2D eigenvalue weighted by atomic mass is 9.51. The summed E-state index contributed by atoms with van der Waals surface area (Å²) in [4.78, 5) is 12.2. The van der Waals surface area contributed by atoms with E-state index >= 15 is 0 Å². The van der Waals surface area contributed by atoms with Gasteiger partial charge in [-0.1, -0.05) is 94.9 Å². The summed E-state index contributed by atoms with van der Waals surface area (Å²) < 4.78 is 22.7. The highest BCUT2D eigenvalue weighted by molar-refractivity contribution is 7.80. The minimum absolute atomic E-state index is 0. The van der Waals surface area contributed by atoms with Gasteiger partial charge in [0.25, 0.3) is 0 Å². The fourth-order valence-electron chi connectivity index (χ4n) is 15.9. The molecule has 0 spiro atoms. The van der Waals surface area contributed by atoms with Crippen LogP contribution in [0.4, 0.5) is 5.69 Å². The predicted octanol–water partition coefficient (Wildman–Crippen LogP) is 13.1. The average Bonchev–Trinajstić information content (AvgIpc) is 3.37. The molecule has 0 saturated heterocycles. The topological polar surface area (TPSA) is 162 Å². The quantitative estimate of drug-likeness (QED) is 0.112. The van der Waals surface area contributed by atoms with Gasteiger partial charge in [-0.05, 0) is 215 Å². The van der Waals surface area contributed by atoms with Gasteiger partial charge in [0.2, 0.25) is 13.6 Å². The molecule has 10 atom stereocenters. The van der Waals surface area contributed by atoms with Crippen LogP contribution in [0.25, 0.3) is 0 Å². The van der Waals surface area contributed by atoms with E-state index in [1.165, 1.54) is 39.0 Å². The number of rotatable bonds is 4. The number of ketones is 1. The lowest BCUT2D eigenvalue weighted by Crippen LogP contribution is -2.51. The molecule has 3 aromatic carbocycles. The first-order valence-electron chi connectivity index (χ1n) is 29.0. The average molecular weight is 1090 g/mol. The molecule has 4 fully saturated rings. The van der Waals surface area contributed by atoms with Crippen molar-refractivity contribution in [3.05, 3.63) is 123 Å². The molecule has 0 amide bonds. The highest BCUT2D eigenvalue weighted by Crippen LogP contribution is 2.69. The number of allylic oxidation sites excluding steroid dienone is 8. The molecule has 79 heavy (non-hydrogen) atoms. The zero-order valence-corrected chi connectivity index (χ0v) is 48.4. The SMILES string of the molecule is CC.CC.CC#C[C@]1(O)CC[C@H]2[C@@H]3CCC4=CC(=NNC(=S)Nc5ccccc5)CCC4=C3[C@@H](c3ccc4c(c3)OCO4)C[C@@]21C.CC#C[C@]1(O)CC[C@H]2[C@@H]3CCC4=CC(=O)CCC4=C3[C@@H](c3ccc4c(c3)OCO4)C[C@@]21C.O. The summed E-state index contributed by atoms with van der Waals surface area (Å²) in [5.41, 5.74) is 13.7. The Morgan fingerprint density at radius 1 is 0.633 bits per heavy atom. The molecular formula is C67H81N3O8S. The third-order valence-electron chi connectivity index (χ3n) is 19.4. The molecule has 0 radical (unpaired) electrons. The van der Waals surface area contributed by atoms with E-state index in [1.807, 2.05) is 90.1 Å². The number of hydrazone groups is 1. The van der Waals surface area contributed by atoms with Gasteiger partial charge in [0, 0.05) is 34.8 Å². The van der Waals surface area contributed by atoms with E-state index < -0.39 is 11.2 Å². The highest BCUT2D eigenvalue weighted by Gasteiger charge is 2.64. The van der Waals surface area contributed by atoms with Crippen LogP contribution in [0.5, 0.6) is 23.0 Å². The molecule has 0 bridgehead atoms. The Hall–Kier alpha value is -6.15. The van der Waals surface area contributed by atoms with E-state index in [1.54, 1.807) is 5.57 Å². The molecule has 11 nitrogen and oxygen atoms in total. The van der Waals surface area contributed by atoms with Crippen molar-refractivity contribution in [3.63, 3.8) is 0 Å². The smallest absolute Gasteiger partial charge is 0.231 e. The van der Waals surface area contributed by atoms with Gasteiger partial charge in [0.1, 0.15) is 11.2 Å². The molecule has 12 heteroatoms. The van der Waals surface area contributed by atoms with E-state index in [-0.39, 0.29) is 47.5 Å². The fourth-order valence-corrected chi connectivity index (χ4v) is 16.1. The predicted molar refractivity (Wildman–Crippen MR) is 317 cm³/mol. The van der Waals surface area contributed by atoms with Crippen molar-refractivity contribution in [2.75, 3.05) is 18.9 Å². The summed E-state index contributed by atoms with van der Waals surface area (Å²) in [6, 6.07) is 22.6. The molecule has 2 aliphatic heterocycles. The highest BCUT2D eigenvalue weighted by atomic mass is 32.1. The Morgan fingerprint density at radius 3 is 1.62 bits per heavy atom. The minimum atomic E-state index is -0.961. The lowest BCUT2D eigenvalue weighted by Gasteiger charge is -2.53. The summed E-state index contributed by atoms with van der Waals surface area (Å²) in [6.07, 6.45) is 16.8. The number of nitrogens with zero attached hydrogens (tertiary/aromatic N) is 1. The van der Waals surface area contributed by atoms with Crippen LogP contribution in [-0.2, 0) is 4.79 Å². The van der Waals surface area contributed by atoms with E-state index in [0.717, 1.165) is 118 Å². The van der Waals surface area contributed by atoms with Crippen LogP contribution in [0.3, 0.4) is 0 Å². The van der Waals surface area contributed by atoms with E-state index in [0.29, 0.717) is 35.2 Å². The molecule has 6 N–H and O–H groups in total. The minimum Gasteiger partial charge on any atom is -0.454 e. The second-order valence-electron chi connectivity index (χ2n) is 22.8. The monoisotopic (exact) mass is 1090 g/mol. The molecule has 0 aromatic heterocycles. The first kappa shape index (κ1) is 57.5. The van der Waals surface area contributed by atoms with Crippen molar-refractivity contribution in [2.45, 2.75) is 168 Å². The molecule has 13 rings (SSSR count). The van der Waals surface area contributed by atoms with Crippen molar-refractivity contribution in [1.82, 2.24) is 5.43 Å². The van der Waals surface area contributed by atoms with Crippen LogP contribution >= 0.6 is 12.2 Å². The summed E-state index contributed by atoms with van der Waals surface area (Å²) in [6.45, 7) is 16.8. The van der Waals surface area contributed by atoms with E-state index in [2.05, 4.69) is 83.7 Å². The maximum Gasteiger partial charge on any atom is 0.231 e. The lowest BCUT2D eigenvalue weighted by molar-refractivity contribution is -0.114. The fraction of sp³-hybridized carbons (Fsp3) is 0.507. The van der Waals surface area contributed by atoms with Gasteiger partial charge in [-0.2, -0.15) is 5.10 Å². The zero-order chi connectivity index (χ0) is 55.0. The van der Waals surface area contributed by atoms with Crippen molar-refractivity contribution in [2.24, 2.45) is 39.6 Å². The number of aliphatic hydroxyl groups is 2. The van der Waals surface area contributed by atoms with Crippen LogP contribution in [0, 0.1) is 58.2 Å². The molecule has 3 aromatic rings. The molecule has 4 saturated carbocycles. The van der Waals surface area contributed by atoms with Gasteiger partial charge >= 0.3 is 0 Å². The number of hydrogen-bond donors (Lipinski definition) is 4. The Kier molecular flexibility index (Phi) is 17.1. The van der Waals surface area contributed by atoms with Crippen molar-refractivity contribution in [1.29, 1.82) is 0 Å². The van der Waals surface area contributed by atoms with Crippen LogP contribution in [0.15, 0.2) is 117 Å². The Balaban J connectivity index is 0.000000184. The first-order chi connectivity index (χ1) is 37.8. The number of hydrogen-bond acceptors (Lipinski definition) is 9. The standard InChI is InChI=1S/C35H37N3O3S.C28H30O4.2C2H6.H2O/c1-3-16-35(39)17-15-29-27-12-9-22-18-25(37-38-33(42)36-24-7-5-4-6-8-24)11-13-26(22)32(27)28(20-34(29,35)2)23-10-14-30-31(19-23)41-21-40-30;1-3-11-28(30)12-10-23-21-7-4-17-13-19(29)6-8-20(17)26(21)22(15-27(23,28)2)18-5-9-24-25(14-18)32-16-31-24;2*1-2;/h4-8,10,14,18-19,27-29,39H,9,11-13,15,17,20-21H2,1-2H3,(H2,36,38,42);5,9,13-14,21-23,30H,4,6-8,10,12,15-16H2,1-2H3;2*1-2H3;1H2/t27-,28+,29-,34-,35-;21-,22+,23-,27-,28-;;;/m00.../s1. The third-order valence-corrected chi connectivity index (χ3v) is 19.6. The maximum absolute atomic E-state index is 12.2. The number of carbonyl (C=O) groups is 1. The molecule has 10 aliphatic rings. The second-order valence-corrected chi connectivity index (χ2v) is 23.2. The number of nitrogens with one attached hydrogen (secondary N) is 2. The largest absolute Gasteiger partial charge is 0.454 e. The number of carbonyl (C=O) groups excluding carboxylic acids is 1. The number of anilines is 1. The Morgan fingerprint density at radius 2 is 1.11 bits per heavy atom. The zero-order valence-electron chi connectivity index (χ0n) is 47.6. The number of fused-ring (bicyclic) bond motifs is 10. The van der Waals surface area contributed by atoms with E-state index in [9.17, 15) is 15.0 Å². The van der Waals surface area contributed by atoms with Gasteiger partial charge in [-0.25, -0.2) is 0 Å². The van der Waals surface area contributed by atoms with Crippen LogP contribution in [0.1, 0.15) is 168 Å². The molecule has 2 heterocycles. The van der Waals surface area contributed by atoms with Crippen molar-refractivity contribution in [3.8, 4) is 46.7 Å². The van der Waals surface area contributed by atoms with Gasteiger partial charge in [0.15, 0.2) is 33.9 Å². The van der Waals surface area contributed by atoms with Gasteiger partial charge < -0.3 is 40.0 Å². The van der Waals surface area contributed by atoms with Gasteiger partial charge in [-0.15, -0.1) is 11.8 Å². The van der Waals surface area contributed by atoms with E-state index in [4.69, 9.17) is 31.2 Å². The molecule has 0 unspecified atom stereocenters. The normalized spacial score (nSPS) is 32.1. The second kappa shape index (κ2) is 23.5. The van der Waals surface area contributed by atoms with Gasteiger partial charge in [-0.3, -0.25) is 10.2 Å². The number of thiocarbonyl (C=S) groups is 1. The van der Waals surface area contributed by atoms with Crippen molar-refractivity contribution < 1.29 is 39.4 Å². The molecule has 8 aliphatic carbocycles. The number of ether oxygens (including phenoxy) is 4. The maximum atomic E-state index is 12.2. The summed E-state index contributed by atoms with van der Waals surface area (Å²) in [5, 5.41) is 32.0. The molecular weight excluding hydrogens is 1010 g/mol. The molecule has 418 valence electrons. The summed E-state index contributed by atoms with van der Waals surface area (Å²) in [7, 11) is 0. The Bertz CT molecular complexity index is 3140. The first-order valence-corrected chi connectivity index (χ1v) is 29.4. The van der Waals surface area contributed by atoms with Crippen LogP contribution in [0.2, 0.25) is 0 Å². The summed E-state index contributed by atoms with van der Waals surface area (Å²) >= 11 is 5.48. The van der Waals surface area contributed by atoms with Gasteiger partial charge in [0.05, 0.1) is 5.71 Å². The third kappa shape index (κ3) is 10.3. The number of benzene rings is 3. The van der Waals surface area contributed by atoms with Crippen LogP contribution in [-0.4, -0.2) is 57.1 Å². The van der Waals surface area contributed by atoms with Crippen LogP contribution < -0.4 is 29.7 Å². The summed E-state index contributed by atoms with van der Waals surface area (Å²) in [5.74, 6) is 18.1. The number of para-hydroxylation sites is 1.